The zero-order valence-electron chi connectivity index (χ0n) is 16.3. The number of carbonyl (C=O) groups excluding carboxylic acids is 1. The molecule has 9 heteroatoms. The molecule has 0 bridgehead atoms. The van der Waals surface area contributed by atoms with Crippen molar-refractivity contribution in [1.82, 2.24) is 4.90 Å². The van der Waals surface area contributed by atoms with E-state index in [1.807, 2.05) is 36.1 Å². The average Bonchev–Trinajstić information content (AvgIpc) is 2.64. The number of hydrogen-bond acceptors (Lipinski definition) is 5. The molecule has 1 aliphatic rings. The van der Waals surface area contributed by atoms with Gasteiger partial charge in [-0.25, -0.2) is 13.6 Å². The Morgan fingerprint density at radius 3 is 2.76 bits per heavy atom. The molecule has 0 spiro atoms. The fourth-order valence-electron chi connectivity index (χ4n) is 3.27. The molecule has 1 fully saturated rings. The fourth-order valence-corrected chi connectivity index (χ4v) is 4.31. The van der Waals surface area contributed by atoms with Crippen LogP contribution in [0, 0.1) is 13.8 Å². The van der Waals surface area contributed by atoms with Crippen LogP contribution in [0.5, 0.6) is 0 Å². The van der Waals surface area contributed by atoms with E-state index in [1.54, 1.807) is 6.92 Å². The number of hydrogen-bond donors (Lipinski definition) is 2. The predicted octanol–water partition coefficient (Wildman–Crippen LogP) is 2.73. The van der Waals surface area contributed by atoms with E-state index in [-0.39, 0.29) is 23.5 Å². The van der Waals surface area contributed by atoms with Gasteiger partial charge in [-0.05, 0) is 54.8 Å². The van der Waals surface area contributed by atoms with Crippen LogP contribution in [0.4, 0.5) is 5.69 Å². The van der Waals surface area contributed by atoms with Crippen LogP contribution < -0.4 is 10.5 Å². The van der Waals surface area contributed by atoms with Crippen LogP contribution in [0.2, 0.25) is 0 Å². The summed E-state index contributed by atoms with van der Waals surface area (Å²) in [5.41, 5.74) is 3.06. The molecule has 0 aromatic heterocycles. The third kappa shape index (κ3) is 5.64. The minimum atomic E-state index is -3.85. The van der Waals surface area contributed by atoms with Gasteiger partial charge in [0.1, 0.15) is 0 Å². The van der Waals surface area contributed by atoms with Crippen molar-refractivity contribution in [3.63, 3.8) is 0 Å². The normalized spacial score (nSPS) is 17.9. The second-order valence-electron chi connectivity index (χ2n) is 7.16. The molecule has 2 aromatic carbocycles. The van der Waals surface area contributed by atoms with Crippen LogP contribution >= 0.6 is 15.9 Å². The standard InChI is InChI=1S/C20H24BrN3O4S/c1-13-8-17(29(22,26)27)10-18(14(13)2)23-20(25)12-24-6-7-28-19(11-24)15-4-3-5-16(21)9-15/h3-5,8-10,19H,6-7,11-12H2,1-2H3,(H,23,25)(H2,22,26,27). The summed E-state index contributed by atoms with van der Waals surface area (Å²) in [4.78, 5) is 14.6. The Labute approximate surface area is 179 Å². The van der Waals surface area contributed by atoms with Gasteiger partial charge in [-0.1, -0.05) is 28.1 Å². The highest BCUT2D eigenvalue weighted by molar-refractivity contribution is 9.10. The first-order valence-electron chi connectivity index (χ1n) is 9.17. The van der Waals surface area contributed by atoms with Gasteiger partial charge in [0, 0.05) is 23.2 Å². The first-order chi connectivity index (χ1) is 13.6. The van der Waals surface area contributed by atoms with Gasteiger partial charge in [0.05, 0.1) is 24.2 Å². The monoisotopic (exact) mass is 481 g/mol. The Balaban J connectivity index is 1.69. The maximum absolute atomic E-state index is 12.6. The highest BCUT2D eigenvalue weighted by Gasteiger charge is 2.24. The summed E-state index contributed by atoms with van der Waals surface area (Å²) in [5.74, 6) is -0.214. The maximum atomic E-state index is 12.6. The molecule has 1 aliphatic heterocycles. The Bertz CT molecular complexity index is 1030. The Morgan fingerprint density at radius 1 is 1.31 bits per heavy atom. The lowest BCUT2D eigenvalue weighted by Crippen LogP contribution is -2.42. The van der Waals surface area contributed by atoms with Crippen molar-refractivity contribution < 1.29 is 17.9 Å². The summed E-state index contributed by atoms with van der Waals surface area (Å²) in [6.45, 7) is 5.57. The molecule has 7 nitrogen and oxygen atoms in total. The second-order valence-corrected chi connectivity index (χ2v) is 9.63. The van der Waals surface area contributed by atoms with Crippen molar-refractivity contribution in [2.24, 2.45) is 5.14 Å². The first kappa shape index (κ1) is 21.9. The largest absolute Gasteiger partial charge is 0.371 e. The van der Waals surface area contributed by atoms with Crippen LogP contribution in [-0.2, 0) is 19.6 Å². The van der Waals surface area contributed by atoms with Gasteiger partial charge in [-0.2, -0.15) is 0 Å². The maximum Gasteiger partial charge on any atom is 0.238 e. The van der Waals surface area contributed by atoms with Crippen LogP contribution in [0.15, 0.2) is 45.8 Å². The summed E-state index contributed by atoms with van der Waals surface area (Å²) in [6.07, 6.45) is -0.108. The number of rotatable bonds is 5. The van der Waals surface area contributed by atoms with Gasteiger partial charge in [-0.3, -0.25) is 9.69 Å². The van der Waals surface area contributed by atoms with Crippen LogP contribution in [0.25, 0.3) is 0 Å². The highest BCUT2D eigenvalue weighted by Crippen LogP contribution is 2.26. The Kier molecular flexibility index (Phi) is 6.75. The van der Waals surface area contributed by atoms with E-state index in [2.05, 4.69) is 21.2 Å². The van der Waals surface area contributed by atoms with Crippen LogP contribution in [0.3, 0.4) is 0 Å². The summed E-state index contributed by atoms with van der Waals surface area (Å²) in [7, 11) is -3.85. The average molecular weight is 482 g/mol. The van der Waals surface area contributed by atoms with Crippen LogP contribution in [0.1, 0.15) is 22.8 Å². The number of aryl methyl sites for hydroxylation is 1. The van der Waals surface area contributed by atoms with Gasteiger partial charge < -0.3 is 10.1 Å². The number of halogens is 1. The minimum absolute atomic E-state index is 0.0167. The van der Waals surface area contributed by atoms with Gasteiger partial charge in [0.2, 0.25) is 15.9 Å². The predicted molar refractivity (Wildman–Crippen MR) is 115 cm³/mol. The van der Waals surface area contributed by atoms with E-state index in [0.29, 0.717) is 25.4 Å². The number of nitrogens with zero attached hydrogens (tertiary/aromatic N) is 1. The van der Waals surface area contributed by atoms with E-state index in [9.17, 15) is 13.2 Å². The molecule has 1 heterocycles. The van der Waals surface area contributed by atoms with Gasteiger partial charge in [-0.15, -0.1) is 0 Å². The lowest BCUT2D eigenvalue weighted by molar-refractivity contribution is -0.119. The molecule has 1 amide bonds. The Hall–Kier alpha value is -1.78. The lowest BCUT2D eigenvalue weighted by Gasteiger charge is -2.32. The molecule has 3 rings (SSSR count). The van der Waals surface area contributed by atoms with Crippen molar-refractivity contribution in [3.8, 4) is 0 Å². The summed E-state index contributed by atoms with van der Waals surface area (Å²) in [5, 5.41) is 8.07. The number of anilines is 1. The quantitative estimate of drug-likeness (QED) is 0.683. The first-order valence-corrected chi connectivity index (χ1v) is 11.5. The Morgan fingerprint density at radius 2 is 2.07 bits per heavy atom. The number of amides is 1. The highest BCUT2D eigenvalue weighted by atomic mass is 79.9. The molecule has 2 aromatic rings. The van der Waals surface area contributed by atoms with Gasteiger partial charge in [0.15, 0.2) is 0 Å². The SMILES string of the molecule is Cc1cc(S(N)(=O)=O)cc(NC(=O)CN2CCOC(c3cccc(Br)c3)C2)c1C. The third-order valence-corrected chi connectivity index (χ3v) is 6.37. The van der Waals surface area contributed by atoms with Crippen molar-refractivity contribution >= 4 is 37.5 Å². The summed E-state index contributed by atoms with van der Waals surface area (Å²) < 4.78 is 30.2. The number of primary sulfonamides is 1. The molecule has 0 radical (unpaired) electrons. The third-order valence-electron chi connectivity index (χ3n) is 4.98. The number of carbonyl (C=O) groups is 1. The van der Waals surface area contributed by atoms with Gasteiger partial charge >= 0.3 is 0 Å². The smallest absolute Gasteiger partial charge is 0.238 e. The van der Waals surface area contributed by atoms with Crippen molar-refractivity contribution in [1.29, 1.82) is 0 Å². The molecular formula is C20H24BrN3O4S. The topological polar surface area (TPSA) is 102 Å². The molecule has 0 aliphatic carbocycles. The molecule has 29 heavy (non-hydrogen) atoms. The summed E-state index contributed by atoms with van der Waals surface area (Å²) >= 11 is 3.47. The fraction of sp³-hybridized carbons (Fsp3) is 0.350. The number of morpholine rings is 1. The second kappa shape index (κ2) is 8.93. The number of nitrogens with one attached hydrogen (secondary N) is 1. The van der Waals surface area contributed by atoms with E-state index in [4.69, 9.17) is 9.88 Å². The molecule has 156 valence electrons. The number of ether oxygens (including phenoxy) is 1. The number of sulfonamides is 1. The molecule has 0 saturated carbocycles. The van der Waals surface area contributed by atoms with E-state index >= 15 is 0 Å². The molecule has 1 unspecified atom stereocenters. The summed E-state index contributed by atoms with van der Waals surface area (Å²) in [6, 6.07) is 10.8. The van der Waals surface area contributed by atoms with E-state index in [0.717, 1.165) is 21.2 Å². The van der Waals surface area contributed by atoms with E-state index < -0.39 is 10.0 Å². The zero-order valence-corrected chi connectivity index (χ0v) is 18.7. The number of nitrogens with two attached hydrogens (primary N) is 1. The molecule has 3 N–H and O–H groups in total. The lowest BCUT2D eigenvalue weighted by atomic mass is 10.1. The van der Waals surface area contributed by atoms with Crippen LogP contribution in [-0.4, -0.2) is 45.5 Å². The van der Waals surface area contributed by atoms with Crippen molar-refractivity contribution in [2.45, 2.75) is 24.8 Å². The van der Waals surface area contributed by atoms with E-state index in [1.165, 1.54) is 12.1 Å². The zero-order chi connectivity index (χ0) is 21.2. The minimum Gasteiger partial charge on any atom is -0.371 e. The molecular weight excluding hydrogens is 458 g/mol. The van der Waals surface area contributed by atoms with Crippen molar-refractivity contribution in [3.05, 3.63) is 57.6 Å². The molecule has 1 atom stereocenters. The van der Waals surface area contributed by atoms with Gasteiger partial charge in [0.25, 0.3) is 0 Å². The molecule has 1 saturated heterocycles. The number of benzene rings is 2. The van der Waals surface area contributed by atoms with Crippen molar-refractivity contribution in [2.75, 3.05) is 31.6 Å².